The number of hydrogen-bond donors (Lipinski definition) is 7. The topological polar surface area (TPSA) is 334 Å². The van der Waals surface area contributed by atoms with Gasteiger partial charge in [0.15, 0.2) is 11.7 Å². The first kappa shape index (κ1) is 67.2. The molecule has 1 aliphatic carbocycles. The zero-order valence-corrected chi connectivity index (χ0v) is 50.4. The van der Waals surface area contributed by atoms with Gasteiger partial charge in [-0.2, -0.15) is 0 Å². The van der Waals surface area contributed by atoms with Crippen LogP contribution in [0.1, 0.15) is 102 Å². The van der Waals surface area contributed by atoms with Crippen LogP contribution in [0.3, 0.4) is 0 Å². The second-order valence-electron chi connectivity index (χ2n) is 21.8. The smallest absolute Gasteiger partial charge is 0.343 e. The van der Waals surface area contributed by atoms with Crippen molar-refractivity contribution in [1.29, 1.82) is 0 Å². The summed E-state index contributed by atoms with van der Waals surface area (Å²) in [5.74, 6) is -3.59. The molecule has 0 saturated heterocycles. The first-order valence-corrected chi connectivity index (χ1v) is 30.1. The maximum atomic E-state index is 15.6. The summed E-state index contributed by atoms with van der Waals surface area (Å²) >= 11 is 0. The number of pyridine rings is 2. The van der Waals surface area contributed by atoms with Gasteiger partial charge in [-0.25, -0.2) is 14.2 Å². The number of nitrogens with zero attached hydrogens (tertiary/aromatic N) is 5. The molecule has 3 aromatic carbocycles. The number of amides is 4. The van der Waals surface area contributed by atoms with Crippen LogP contribution in [0.5, 0.6) is 0 Å². The Kier molecular flexibility index (Phi) is 25.0. The number of aryl methyl sites for hydroxylation is 1. The number of esters is 1. The quantitative estimate of drug-likeness (QED) is 0.00913. The van der Waals surface area contributed by atoms with E-state index in [0.717, 1.165) is 5.56 Å². The highest BCUT2D eigenvalue weighted by molar-refractivity contribution is 5.99. The fourth-order valence-electron chi connectivity index (χ4n) is 11.1. The Morgan fingerprint density at radius 3 is 2.12 bits per heavy atom. The zero-order valence-electron chi connectivity index (χ0n) is 50.4. The molecule has 8 rings (SSSR count). The summed E-state index contributed by atoms with van der Waals surface area (Å²) in [5, 5.41) is 41.8. The molecule has 4 amide bonds. The van der Waals surface area contributed by atoms with Gasteiger partial charge in [0.2, 0.25) is 17.7 Å². The molecule has 5 atom stereocenters. The third-order valence-electron chi connectivity index (χ3n) is 15.9. The normalized spacial score (nSPS) is 16.5. The molecule has 0 spiro atoms. The van der Waals surface area contributed by atoms with Crippen molar-refractivity contribution in [1.82, 2.24) is 30.8 Å². The highest BCUT2D eigenvalue weighted by Crippen LogP contribution is 2.46. The Balaban J connectivity index is 0.836. The summed E-state index contributed by atoms with van der Waals surface area (Å²) in [6, 6.07) is 15.3. The highest BCUT2D eigenvalue weighted by Gasteiger charge is 2.46. The molecular formula is C63H79FN10O15. The van der Waals surface area contributed by atoms with Crippen LogP contribution in [0, 0.1) is 12.7 Å². The molecule has 0 saturated carbocycles. The summed E-state index contributed by atoms with van der Waals surface area (Å²) in [4.78, 5) is 90.2. The minimum Gasteiger partial charge on any atom is -0.458 e. The number of anilines is 1. The van der Waals surface area contributed by atoms with E-state index >= 15 is 4.39 Å². The van der Waals surface area contributed by atoms with Crippen LogP contribution < -0.4 is 32.1 Å². The Morgan fingerprint density at radius 2 is 1.48 bits per heavy atom. The number of rotatable bonds is 37. The van der Waals surface area contributed by atoms with Crippen molar-refractivity contribution in [2.75, 3.05) is 105 Å². The van der Waals surface area contributed by atoms with Gasteiger partial charge in [0.05, 0.1) is 114 Å². The summed E-state index contributed by atoms with van der Waals surface area (Å²) in [6.45, 7) is 7.97. The van der Waals surface area contributed by atoms with Crippen LogP contribution in [0.25, 0.3) is 32.7 Å². The molecule has 5 aromatic rings. The molecule has 0 fully saturated rings. The van der Waals surface area contributed by atoms with Crippen LogP contribution in [0.2, 0.25) is 0 Å². The average molecular weight is 1240 g/mol. The highest BCUT2D eigenvalue weighted by atomic mass is 19.1. The van der Waals surface area contributed by atoms with E-state index < -0.39 is 70.8 Å². The molecule has 3 aliphatic rings. The van der Waals surface area contributed by atoms with Gasteiger partial charge in [-0.1, -0.05) is 54.5 Å². The number of aliphatic hydroxyl groups excluding tert-OH is 1. The Bertz CT molecular complexity index is 3390. The zero-order chi connectivity index (χ0) is 63.3. The molecule has 7 N–H and O–H groups in total. The van der Waals surface area contributed by atoms with Crippen LogP contribution in [-0.2, 0) is 88.7 Å². The van der Waals surface area contributed by atoms with Crippen LogP contribution >= 0.6 is 0 Å². The fraction of sp³-hybridized carbons (Fsp3) is 0.508. The van der Waals surface area contributed by atoms with Crippen LogP contribution in [-0.4, -0.2) is 161 Å². The molecule has 1 unspecified atom stereocenters. The van der Waals surface area contributed by atoms with Gasteiger partial charge in [-0.15, -0.1) is 0 Å². The van der Waals surface area contributed by atoms with Crippen molar-refractivity contribution in [2.45, 2.75) is 108 Å². The first-order chi connectivity index (χ1) is 43.2. The van der Waals surface area contributed by atoms with E-state index in [-0.39, 0.29) is 81.9 Å². The number of halogens is 1. The van der Waals surface area contributed by atoms with Gasteiger partial charge in [0, 0.05) is 52.6 Å². The van der Waals surface area contributed by atoms with E-state index in [1.807, 2.05) is 37.4 Å². The number of azide groups is 1. The summed E-state index contributed by atoms with van der Waals surface area (Å²) in [7, 11) is 1.82. The maximum Gasteiger partial charge on any atom is 0.343 e. The fourth-order valence-corrected chi connectivity index (χ4v) is 11.1. The van der Waals surface area contributed by atoms with Crippen LogP contribution in [0.4, 0.5) is 10.1 Å². The first-order valence-electron chi connectivity index (χ1n) is 30.1. The van der Waals surface area contributed by atoms with E-state index in [1.54, 1.807) is 19.9 Å². The van der Waals surface area contributed by atoms with Gasteiger partial charge in [-0.05, 0) is 111 Å². The van der Waals surface area contributed by atoms with E-state index in [4.69, 9.17) is 43.7 Å². The Morgan fingerprint density at radius 1 is 0.831 bits per heavy atom. The standard InChI is InChI=1S/C63H79FN10O15/c1-4-63(82)46-35-52-56-44(37-74(52)61(80)45(46)38-89-62(63)81)55-48(18-17-43-39(2)47(64)36-50(70-56)54(43)55)71-60(79)57(76)41-13-15-42(16-14-41)68-58(77)49(12-8-9-20-66-3)72-59(78)51(34-40-10-6-5-7-11-40)69-53(75)19-22-83-24-26-85-28-30-87-32-33-88-31-29-86-27-25-84-23-21-67-73-65/h5-7,10-11,13-16,35-36,48-49,51,57,66,76,82H,4,8-9,12,17-34,37-38H2,1-3H3,(H,68,77)(H,69,75)(H,71,79)(H,72,78)/t48-,49-,51-,57?,63-/m0/s1. The van der Waals surface area contributed by atoms with Crippen molar-refractivity contribution >= 4 is 46.2 Å². The monoisotopic (exact) mass is 1230 g/mol. The number of cyclic esters (lactones) is 1. The van der Waals surface area contributed by atoms with Crippen molar-refractivity contribution in [3.05, 3.63) is 138 Å². The number of hydrogen-bond acceptors (Lipinski definition) is 18. The maximum absolute atomic E-state index is 15.6. The molecule has 89 heavy (non-hydrogen) atoms. The van der Waals surface area contributed by atoms with Gasteiger partial charge in [0.25, 0.3) is 11.5 Å². The van der Waals surface area contributed by atoms with E-state index in [1.165, 1.54) is 34.9 Å². The lowest BCUT2D eigenvalue weighted by atomic mass is 9.81. The number of unbranched alkanes of at least 4 members (excludes halogenated alkanes) is 1. The molecule has 4 heterocycles. The molecule has 0 radical (unpaired) electrons. The summed E-state index contributed by atoms with van der Waals surface area (Å²) in [6.07, 6.45) is 0.624. The number of benzene rings is 3. The van der Waals surface area contributed by atoms with Crippen molar-refractivity contribution in [2.24, 2.45) is 5.11 Å². The Hall–Kier alpha value is -7.75. The van der Waals surface area contributed by atoms with E-state index in [2.05, 4.69) is 36.6 Å². The number of aromatic nitrogens is 2. The number of ether oxygens (including phenoxy) is 7. The second-order valence-corrected chi connectivity index (χ2v) is 21.8. The third kappa shape index (κ3) is 17.4. The molecular weight excluding hydrogens is 1160 g/mol. The van der Waals surface area contributed by atoms with Crippen LogP contribution in [0.15, 0.2) is 76.6 Å². The van der Waals surface area contributed by atoms with E-state index in [9.17, 15) is 39.0 Å². The van der Waals surface area contributed by atoms with Crippen molar-refractivity contribution in [3.63, 3.8) is 0 Å². The summed E-state index contributed by atoms with van der Waals surface area (Å²) in [5.41, 5.74) is 10.6. The largest absolute Gasteiger partial charge is 0.458 e. The second kappa shape index (κ2) is 33.2. The Labute approximate surface area is 514 Å². The minimum absolute atomic E-state index is 0.0329. The van der Waals surface area contributed by atoms with Gasteiger partial charge < -0.3 is 74.5 Å². The number of fused-ring (bicyclic) bond motifs is 5. The lowest BCUT2D eigenvalue weighted by molar-refractivity contribution is -0.172. The molecule has 478 valence electrons. The molecule has 2 aliphatic heterocycles. The number of nitrogens with one attached hydrogen (secondary N) is 5. The van der Waals surface area contributed by atoms with Gasteiger partial charge in [0.1, 0.15) is 24.5 Å². The van der Waals surface area contributed by atoms with Crippen molar-refractivity contribution < 1.29 is 71.7 Å². The molecule has 2 aromatic heterocycles. The number of aliphatic hydroxyl groups is 2. The number of carbonyl (C=O) groups is 5. The SMILES string of the molecule is CC[C@@]1(O)C(=O)OCc2c1cc1n(c2=O)Cc2c-1nc1cc(F)c(C)c3c1c2[C@@H](NC(=O)C(O)c1ccc(NC(=O)[C@H](CCCCNC)NC(=O)[C@H](Cc2ccccc2)NC(=O)CCOCCOCCOCCOCCOCCOCCN=[N+]=[N-])cc1)CC3. The third-order valence-corrected chi connectivity index (χ3v) is 15.9. The molecule has 26 heteroatoms. The van der Waals surface area contributed by atoms with Crippen molar-refractivity contribution in [3.8, 4) is 11.4 Å². The van der Waals surface area contributed by atoms with Gasteiger partial charge in [-0.3, -0.25) is 24.0 Å². The summed E-state index contributed by atoms with van der Waals surface area (Å²) < 4.78 is 55.1. The van der Waals surface area contributed by atoms with E-state index in [0.29, 0.717) is 142 Å². The molecule has 0 bridgehead atoms. The average Bonchev–Trinajstić information content (AvgIpc) is 1.63. The predicted octanol–water partition coefficient (Wildman–Crippen LogP) is 4.70. The minimum atomic E-state index is -2.06. The molecule has 25 nitrogen and oxygen atoms in total. The van der Waals surface area contributed by atoms with Gasteiger partial charge >= 0.3 is 5.97 Å². The predicted molar refractivity (Wildman–Crippen MR) is 324 cm³/mol. The lowest BCUT2D eigenvalue weighted by Gasteiger charge is -2.31. The number of carbonyl (C=O) groups excluding carboxylic acids is 5. The lowest BCUT2D eigenvalue weighted by Crippen LogP contribution is -2.53.